The Bertz CT molecular complexity index is 565. The molecule has 0 saturated carbocycles. The fourth-order valence-corrected chi connectivity index (χ4v) is 2.06. The Balaban J connectivity index is 2.06. The molecule has 0 aliphatic carbocycles. The number of nitrogens with two attached hydrogens (primary N) is 1. The lowest BCUT2D eigenvalue weighted by Crippen LogP contribution is -2.35. The topological polar surface area (TPSA) is 55.1 Å². The van der Waals surface area contributed by atoms with Crippen molar-refractivity contribution >= 4 is 22.4 Å². The maximum atomic E-state index is 11.9. The van der Waals surface area contributed by atoms with Crippen LogP contribution in [0.1, 0.15) is 26.2 Å². The van der Waals surface area contributed by atoms with Crippen LogP contribution in [0, 0.1) is 0 Å². The average Bonchev–Trinajstić information content (AvgIpc) is 2.44. The van der Waals surface area contributed by atoms with Crippen LogP contribution in [0.15, 0.2) is 42.5 Å². The fraction of sp³-hybridized carbons (Fsp3) is 0.312. The molecule has 0 saturated heterocycles. The quantitative estimate of drug-likeness (QED) is 0.862. The van der Waals surface area contributed by atoms with Crippen molar-refractivity contribution in [1.82, 2.24) is 0 Å². The van der Waals surface area contributed by atoms with Crippen molar-refractivity contribution in [3.63, 3.8) is 0 Å². The lowest BCUT2D eigenvalue weighted by atomic mass is 10.1. The molecule has 3 heteroatoms. The second-order valence-corrected chi connectivity index (χ2v) is 4.80. The van der Waals surface area contributed by atoms with E-state index in [4.69, 9.17) is 5.73 Å². The summed E-state index contributed by atoms with van der Waals surface area (Å²) in [5.41, 5.74) is 6.65. The summed E-state index contributed by atoms with van der Waals surface area (Å²) in [6.45, 7) is 2.09. The monoisotopic (exact) mass is 256 g/mol. The van der Waals surface area contributed by atoms with Gasteiger partial charge in [-0.05, 0) is 29.3 Å². The van der Waals surface area contributed by atoms with E-state index in [1.54, 1.807) is 0 Å². The summed E-state index contributed by atoms with van der Waals surface area (Å²) < 4.78 is 0. The number of carbonyl (C=O) groups excluding carboxylic acids is 1. The van der Waals surface area contributed by atoms with E-state index in [9.17, 15) is 4.79 Å². The lowest BCUT2D eigenvalue weighted by molar-refractivity contribution is -0.117. The van der Waals surface area contributed by atoms with Crippen LogP contribution < -0.4 is 11.1 Å². The number of hydrogen-bond donors (Lipinski definition) is 2. The SMILES string of the molecule is CCCC[C@H](N)C(=O)Nc1ccc2ccccc2c1. The molecule has 2 aromatic rings. The van der Waals surface area contributed by atoms with Crippen molar-refractivity contribution in [1.29, 1.82) is 0 Å². The Hall–Kier alpha value is -1.87. The first-order valence-electron chi connectivity index (χ1n) is 6.76. The van der Waals surface area contributed by atoms with Crippen molar-refractivity contribution < 1.29 is 4.79 Å². The summed E-state index contributed by atoms with van der Waals surface area (Å²) in [5.74, 6) is -0.108. The molecule has 0 bridgehead atoms. The number of rotatable bonds is 5. The van der Waals surface area contributed by atoms with Gasteiger partial charge >= 0.3 is 0 Å². The summed E-state index contributed by atoms with van der Waals surface area (Å²) in [6, 6.07) is 13.5. The minimum Gasteiger partial charge on any atom is -0.325 e. The van der Waals surface area contributed by atoms with Gasteiger partial charge in [0, 0.05) is 5.69 Å². The van der Waals surface area contributed by atoms with Gasteiger partial charge in [-0.25, -0.2) is 0 Å². The molecule has 0 radical (unpaired) electrons. The molecule has 0 spiro atoms. The molecule has 0 aliphatic heterocycles. The zero-order valence-electron chi connectivity index (χ0n) is 11.2. The summed E-state index contributed by atoms with van der Waals surface area (Å²) in [5, 5.41) is 5.15. The highest BCUT2D eigenvalue weighted by Crippen LogP contribution is 2.19. The van der Waals surface area contributed by atoms with Gasteiger partial charge in [0.2, 0.25) is 5.91 Å². The van der Waals surface area contributed by atoms with Gasteiger partial charge in [-0.1, -0.05) is 50.1 Å². The molecule has 3 nitrogen and oxygen atoms in total. The zero-order chi connectivity index (χ0) is 13.7. The molecule has 3 N–H and O–H groups in total. The van der Waals surface area contributed by atoms with Crippen LogP contribution >= 0.6 is 0 Å². The molecular weight excluding hydrogens is 236 g/mol. The molecule has 1 atom stereocenters. The van der Waals surface area contributed by atoms with Crippen LogP contribution in [0.4, 0.5) is 5.69 Å². The number of amides is 1. The van der Waals surface area contributed by atoms with Crippen LogP contribution in [-0.2, 0) is 4.79 Å². The van der Waals surface area contributed by atoms with E-state index >= 15 is 0 Å². The van der Waals surface area contributed by atoms with Crippen molar-refractivity contribution in [2.45, 2.75) is 32.2 Å². The third-order valence-corrected chi connectivity index (χ3v) is 3.22. The molecule has 0 heterocycles. The van der Waals surface area contributed by atoms with E-state index in [0.717, 1.165) is 35.7 Å². The van der Waals surface area contributed by atoms with E-state index in [2.05, 4.69) is 12.2 Å². The Morgan fingerprint density at radius 1 is 1.21 bits per heavy atom. The molecule has 0 fully saturated rings. The van der Waals surface area contributed by atoms with E-state index in [1.165, 1.54) is 0 Å². The smallest absolute Gasteiger partial charge is 0.241 e. The normalized spacial score (nSPS) is 12.3. The highest BCUT2D eigenvalue weighted by atomic mass is 16.2. The predicted molar refractivity (Wildman–Crippen MR) is 80.1 cm³/mol. The third kappa shape index (κ3) is 3.55. The minimum absolute atomic E-state index is 0.108. The molecule has 100 valence electrons. The number of carbonyl (C=O) groups is 1. The molecule has 0 aromatic heterocycles. The maximum Gasteiger partial charge on any atom is 0.241 e. The minimum atomic E-state index is -0.425. The Morgan fingerprint density at radius 2 is 1.95 bits per heavy atom. The summed E-state index contributed by atoms with van der Waals surface area (Å²) >= 11 is 0. The second kappa shape index (κ2) is 6.34. The summed E-state index contributed by atoms with van der Waals surface area (Å²) in [4.78, 5) is 11.9. The van der Waals surface area contributed by atoms with Gasteiger partial charge in [-0.3, -0.25) is 4.79 Å². The average molecular weight is 256 g/mol. The summed E-state index contributed by atoms with van der Waals surface area (Å²) in [6.07, 6.45) is 2.76. The van der Waals surface area contributed by atoms with E-state index in [1.807, 2.05) is 42.5 Å². The van der Waals surface area contributed by atoms with E-state index < -0.39 is 6.04 Å². The maximum absolute atomic E-state index is 11.9. The van der Waals surface area contributed by atoms with Gasteiger partial charge < -0.3 is 11.1 Å². The van der Waals surface area contributed by atoms with Gasteiger partial charge in [0.1, 0.15) is 0 Å². The highest BCUT2D eigenvalue weighted by Gasteiger charge is 2.12. The van der Waals surface area contributed by atoms with Crippen LogP contribution in [-0.4, -0.2) is 11.9 Å². The third-order valence-electron chi connectivity index (χ3n) is 3.22. The largest absolute Gasteiger partial charge is 0.325 e. The number of nitrogens with one attached hydrogen (secondary N) is 1. The van der Waals surface area contributed by atoms with Crippen LogP contribution in [0.5, 0.6) is 0 Å². The van der Waals surface area contributed by atoms with Gasteiger partial charge in [0.05, 0.1) is 6.04 Å². The Kier molecular flexibility index (Phi) is 4.53. The number of fused-ring (bicyclic) bond motifs is 1. The number of hydrogen-bond acceptors (Lipinski definition) is 2. The Morgan fingerprint density at radius 3 is 2.68 bits per heavy atom. The molecule has 19 heavy (non-hydrogen) atoms. The Labute approximate surface area is 113 Å². The van der Waals surface area contributed by atoms with Crippen molar-refractivity contribution in [2.24, 2.45) is 5.73 Å². The van der Waals surface area contributed by atoms with Gasteiger partial charge in [-0.2, -0.15) is 0 Å². The highest BCUT2D eigenvalue weighted by molar-refractivity contribution is 5.97. The second-order valence-electron chi connectivity index (χ2n) is 4.80. The molecule has 0 aliphatic rings. The van der Waals surface area contributed by atoms with Crippen LogP contribution in [0.2, 0.25) is 0 Å². The molecule has 0 unspecified atom stereocenters. The van der Waals surface area contributed by atoms with Crippen molar-refractivity contribution in [2.75, 3.05) is 5.32 Å². The van der Waals surface area contributed by atoms with Crippen LogP contribution in [0.3, 0.4) is 0 Å². The van der Waals surface area contributed by atoms with Crippen molar-refractivity contribution in [3.8, 4) is 0 Å². The van der Waals surface area contributed by atoms with Gasteiger partial charge in [-0.15, -0.1) is 0 Å². The number of unbranched alkanes of at least 4 members (excludes halogenated alkanes) is 1. The zero-order valence-corrected chi connectivity index (χ0v) is 11.2. The van der Waals surface area contributed by atoms with Gasteiger partial charge in [0.15, 0.2) is 0 Å². The van der Waals surface area contributed by atoms with Crippen molar-refractivity contribution in [3.05, 3.63) is 42.5 Å². The fourth-order valence-electron chi connectivity index (χ4n) is 2.06. The first kappa shape index (κ1) is 13.6. The van der Waals surface area contributed by atoms with E-state index in [0.29, 0.717) is 0 Å². The molecule has 1 amide bonds. The molecular formula is C16H20N2O. The lowest BCUT2D eigenvalue weighted by Gasteiger charge is -2.12. The number of anilines is 1. The first-order chi connectivity index (χ1) is 9.20. The first-order valence-corrected chi connectivity index (χ1v) is 6.76. The predicted octanol–water partition coefficient (Wildman–Crippen LogP) is 3.30. The van der Waals surface area contributed by atoms with Gasteiger partial charge in [0.25, 0.3) is 0 Å². The van der Waals surface area contributed by atoms with E-state index in [-0.39, 0.29) is 5.91 Å². The molecule has 2 rings (SSSR count). The molecule has 2 aromatic carbocycles. The standard InChI is InChI=1S/C16H20N2O/c1-2-3-8-15(17)16(19)18-14-10-9-12-6-4-5-7-13(12)11-14/h4-7,9-11,15H,2-3,8,17H2,1H3,(H,18,19)/t15-/m0/s1. The van der Waals surface area contributed by atoms with Crippen LogP contribution in [0.25, 0.3) is 10.8 Å². The number of benzene rings is 2. The summed E-state index contributed by atoms with van der Waals surface area (Å²) in [7, 11) is 0.